The number of allylic oxidation sites excluding steroid dienone is 1. The summed E-state index contributed by atoms with van der Waals surface area (Å²) in [4.78, 5) is 0. The summed E-state index contributed by atoms with van der Waals surface area (Å²) in [7, 11) is 0. The molecule has 2 N–H and O–H groups in total. The maximum Gasteiger partial charge on any atom is 0.438 e. The predicted octanol–water partition coefficient (Wildman–Crippen LogP) is 2.30. The number of hydrogen-bond donors (Lipinski definition) is 2. The number of halogens is 3. The Labute approximate surface area is 102 Å². The number of hydrogen-bond acceptors (Lipinski definition) is 3. The molecule has 0 fully saturated rings. The maximum absolute atomic E-state index is 12.5. The predicted molar refractivity (Wildman–Crippen MR) is 61.7 cm³/mol. The van der Waals surface area contributed by atoms with Crippen molar-refractivity contribution in [2.75, 3.05) is 0 Å². The van der Waals surface area contributed by atoms with Crippen LogP contribution < -0.4 is 5.43 Å². The van der Waals surface area contributed by atoms with Crippen LogP contribution in [0.3, 0.4) is 0 Å². The first-order chi connectivity index (χ1) is 8.41. The van der Waals surface area contributed by atoms with Gasteiger partial charge in [0.25, 0.3) is 5.72 Å². The van der Waals surface area contributed by atoms with Crippen molar-refractivity contribution >= 4 is 11.8 Å². The lowest BCUT2D eigenvalue weighted by molar-refractivity contribution is -0.266. The summed E-state index contributed by atoms with van der Waals surface area (Å²) in [5, 5.41) is 12.8. The molecule has 0 amide bonds. The fraction of sp³-hybridized carbons (Fsp3) is 0.250. The standard InChI is InChI=1S/C12H11F3N2O/c13-12(14,15)11(18)8-10(16-17-11)7-6-9-4-2-1-3-5-9/h1-7,17-18H,8H2/b7-6+/t11-/m0/s1. The Bertz CT molecular complexity index is 482. The minimum absolute atomic E-state index is 0.152. The second-order valence-electron chi connectivity index (χ2n) is 3.99. The van der Waals surface area contributed by atoms with Gasteiger partial charge in [-0.3, -0.25) is 5.43 Å². The van der Waals surface area contributed by atoms with E-state index in [2.05, 4.69) is 5.10 Å². The number of hydrazone groups is 1. The van der Waals surface area contributed by atoms with E-state index in [0.29, 0.717) is 0 Å². The lowest BCUT2D eigenvalue weighted by atomic mass is 10.1. The van der Waals surface area contributed by atoms with E-state index in [0.717, 1.165) is 5.56 Å². The number of aliphatic hydroxyl groups is 1. The van der Waals surface area contributed by atoms with Gasteiger partial charge in [0.15, 0.2) is 0 Å². The molecule has 0 radical (unpaired) electrons. The van der Waals surface area contributed by atoms with E-state index in [1.165, 1.54) is 6.08 Å². The lowest BCUT2D eigenvalue weighted by Gasteiger charge is -2.24. The molecule has 0 spiro atoms. The van der Waals surface area contributed by atoms with Crippen LogP contribution >= 0.6 is 0 Å². The van der Waals surface area contributed by atoms with Crippen molar-refractivity contribution in [3.8, 4) is 0 Å². The molecule has 1 aromatic carbocycles. The number of alkyl halides is 3. The Morgan fingerprint density at radius 3 is 2.44 bits per heavy atom. The molecule has 0 aromatic heterocycles. The van der Waals surface area contributed by atoms with Gasteiger partial charge in [-0.1, -0.05) is 36.4 Å². The van der Waals surface area contributed by atoms with Crippen LogP contribution in [0.4, 0.5) is 13.2 Å². The van der Waals surface area contributed by atoms with Gasteiger partial charge in [0.2, 0.25) is 0 Å². The number of benzene rings is 1. The largest absolute Gasteiger partial charge is 0.438 e. The zero-order valence-corrected chi connectivity index (χ0v) is 9.28. The average molecular weight is 256 g/mol. The van der Waals surface area contributed by atoms with Crippen molar-refractivity contribution in [3.05, 3.63) is 42.0 Å². The van der Waals surface area contributed by atoms with Crippen molar-refractivity contribution in [3.63, 3.8) is 0 Å². The van der Waals surface area contributed by atoms with Gasteiger partial charge in [-0.25, -0.2) is 0 Å². The molecule has 2 rings (SSSR count). The molecule has 1 aliphatic rings. The highest BCUT2D eigenvalue weighted by molar-refractivity contribution is 5.99. The van der Waals surface area contributed by atoms with Gasteiger partial charge in [0, 0.05) is 0 Å². The molecule has 3 nitrogen and oxygen atoms in total. The Morgan fingerprint density at radius 2 is 1.89 bits per heavy atom. The van der Waals surface area contributed by atoms with Crippen molar-refractivity contribution in [2.45, 2.75) is 18.3 Å². The topological polar surface area (TPSA) is 44.6 Å². The molecule has 6 heteroatoms. The lowest BCUT2D eigenvalue weighted by Crippen LogP contribution is -2.52. The van der Waals surface area contributed by atoms with E-state index >= 15 is 0 Å². The molecule has 1 aromatic rings. The van der Waals surface area contributed by atoms with E-state index in [-0.39, 0.29) is 5.71 Å². The monoisotopic (exact) mass is 256 g/mol. The van der Waals surface area contributed by atoms with Crippen molar-refractivity contribution < 1.29 is 18.3 Å². The smallest absolute Gasteiger partial charge is 0.362 e. The first kappa shape index (κ1) is 12.6. The molecular formula is C12H11F3N2O. The molecule has 1 atom stereocenters. The van der Waals surface area contributed by atoms with Crippen LogP contribution in [0.5, 0.6) is 0 Å². The van der Waals surface area contributed by atoms with Gasteiger partial charge < -0.3 is 5.11 Å². The zero-order valence-electron chi connectivity index (χ0n) is 9.28. The van der Waals surface area contributed by atoms with Crippen molar-refractivity contribution in [1.29, 1.82) is 0 Å². The van der Waals surface area contributed by atoms with Gasteiger partial charge in [0.1, 0.15) is 0 Å². The average Bonchev–Trinajstić information content (AvgIpc) is 2.71. The first-order valence-corrected chi connectivity index (χ1v) is 5.27. The van der Waals surface area contributed by atoms with E-state index in [1.54, 1.807) is 11.5 Å². The summed E-state index contributed by atoms with van der Waals surface area (Å²) in [5.41, 5.74) is -0.227. The number of rotatable bonds is 2. The minimum atomic E-state index is -4.75. The summed E-state index contributed by atoms with van der Waals surface area (Å²) in [6.45, 7) is 0. The molecule has 96 valence electrons. The van der Waals surface area contributed by atoms with E-state index in [9.17, 15) is 18.3 Å². The van der Waals surface area contributed by atoms with Gasteiger partial charge in [-0.15, -0.1) is 0 Å². The molecule has 1 heterocycles. The highest BCUT2D eigenvalue weighted by atomic mass is 19.4. The Hall–Kier alpha value is -1.82. The first-order valence-electron chi connectivity index (χ1n) is 5.27. The van der Waals surface area contributed by atoms with Gasteiger partial charge in [0.05, 0.1) is 12.1 Å². The van der Waals surface area contributed by atoms with E-state index < -0.39 is 18.3 Å². The minimum Gasteiger partial charge on any atom is -0.362 e. The highest BCUT2D eigenvalue weighted by Gasteiger charge is 2.56. The van der Waals surface area contributed by atoms with Gasteiger partial charge in [-0.05, 0) is 11.6 Å². The van der Waals surface area contributed by atoms with Crippen LogP contribution in [0.2, 0.25) is 0 Å². The third-order valence-electron chi connectivity index (χ3n) is 2.56. The Balaban J connectivity index is 2.04. The molecule has 0 unspecified atom stereocenters. The van der Waals surface area contributed by atoms with Crippen LogP contribution in [-0.2, 0) is 0 Å². The molecule has 1 aliphatic heterocycles. The molecule has 18 heavy (non-hydrogen) atoms. The second kappa shape index (κ2) is 4.45. The Morgan fingerprint density at radius 1 is 1.22 bits per heavy atom. The van der Waals surface area contributed by atoms with Crippen molar-refractivity contribution in [2.24, 2.45) is 5.10 Å². The van der Waals surface area contributed by atoms with Crippen LogP contribution in [0.1, 0.15) is 12.0 Å². The molecule has 0 bridgehead atoms. The molecular weight excluding hydrogens is 245 g/mol. The summed E-state index contributed by atoms with van der Waals surface area (Å²) in [6, 6.07) is 9.11. The highest BCUT2D eigenvalue weighted by Crippen LogP contribution is 2.33. The third kappa shape index (κ3) is 2.53. The van der Waals surface area contributed by atoms with Crippen LogP contribution in [-0.4, -0.2) is 22.7 Å². The molecule has 0 aliphatic carbocycles. The normalized spacial score (nSPS) is 24.1. The summed E-state index contributed by atoms with van der Waals surface area (Å²) in [5.74, 6) is 0. The number of nitrogens with zero attached hydrogens (tertiary/aromatic N) is 1. The van der Waals surface area contributed by atoms with Crippen LogP contribution in [0, 0.1) is 0 Å². The maximum atomic E-state index is 12.5. The quantitative estimate of drug-likeness (QED) is 0.852. The fourth-order valence-electron chi connectivity index (χ4n) is 1.52. The fourth-order valence-corrected chi connectivity index (χ4v) is 1.52. The number of nitrogens with one attached hydrogen (secondary N) is 1. The van der Waals surface area contributed by atoms with E-state index in [1.807, 2.05) is 30.3 Å². The molecule has 0 saturated carbocycles. The van der Waals surface area contributed by atoms with E-state index in [4.69, 9.17) is 0 Å². The van der Waals surface area contributed by atoms with Crippen LogP contribution in [0.25, 0.3) is 6.08 Å². The molecule has 0 saturated heterocycles. The summed E-state index contributed by atoms with van der Waals surface area (Å²) in [6.07, 6.45) is -2.26. The van der Waals surface area contributed by atoms with Gasteiger partial charge in [-0.2, -0.15) is 18.3 Å². The SMILES string of the molecule is O[C@]1(C(F)(F)F)CC(/C=C/c2ccccc2)=NN1. The van der Waals surface area contributed by atoms with Crippen molar-refractivity contribution in [1.82, 2.24) is 5.43 Å². The summed E-state index contributed by atoms with van der Waals surface area (Å²) >= 11 is 0. The zero-order chi connectivity index (χ0) is 13.2. The second-order valence-corrected chi connectivity index (χ2v) is 3.99. The van der Waals surface area contributed by atoms with Gasteiger partial charge >= 0.3 is 6.18 Å². The Kier molecular flexibility index (Phi) is 3.13. The summed E-state index contributed by atoms with van der Waals surface area (Å²) < 4.78 is 37.4. The third-order valence-corrected chi connectivity index (χ3v) is 2.56. The van der Waals surface area contributed by atoms with Crippen LogP contribution in [0.15, 0.2) is 41.5 Å².